The minimum atomic E-state index is -1.02. The van der Waals surface area contributed by atoms with Gasteiger partial charge in [-0.3, -0.25) is 0 Å². The molecule has 4 aromatic rings. The number of fused-ring (bicyclic) bond motifs is 2. The van der Waals surface area contributed by atoms with Gasteiger partial charge in [0.1, 0.15) is 0 Å². The number of rotatable bonds is 4. The summed E-state index contributed by atoms with van der Waals surface area (Å²) in [4.78, 5) is 8.76. The first-order valence-electron chi connectivity index (χ1n) is 7.66. The summed E-state index contributed by atoms with van der Waals surface area (Å²) in [6, 6.07) is 7.51. The summed E-state index contributed by atoms with van der Waals surface area (Å²) in [5.41, 5.74) is 2.48. The van der Waals surface area contributed by atoms with E-state index in [9.17, 15) is 13.9 Å². The number of halogens is 2. The van der Waals surface area contributed by atoms with Crippen LogP contribution < -0.4 is 5.32 Å². The fraction of sp³-hybridized carbons (Fsp3) is 0.176. The predicted octanol–water partition coefficient (Wildman–Crippen LogP) is 3.84. The second kappa shape index (κ2) is 6.27. The monoisotopic (exact) mass is 376 g/mol. The molecule has 6 nitrogen and oxygen atoms in total. The molecule has 0 amide bonds. The number of thiazole rings is 1. The molecule has 2 heterocycles. The Labute approximate surface area is 150 Å². The molecule has 0 bridgehead atoms. The lowest BCUT2D eigenvalue weighted by atomic mass is 10.2. The molecule has 0 aliphatic carbocycles. The van der Waals surface area contributed by atoms with Gasteiger partial charge in [0.05, 0.1) is 21.3 Å². The van der Waals surface area contributed by atoms with Crippen molar-refractivity contribution >= 4 is 43.7 Å². The summed E-state index contributed by atoms with van der Waals surface area (Å²) in [7, 11) is 3.25. The lowest BCUT2D eigenvalue weighted by Gasteiger charge is -2.08. The number of benzene rings is 2. The summed E-state index contributed by atoms with van der Waals surface area (Å²) in [6.45, 7) is 0. The van der Waals surface area contributed by atoms with Crippen molar-refractivity contribution in [2.24, 2.45) is 7.05 Å². The number of aryl methyl sites for hydroxylation is 1. The molecule has 0 aliphatic rings. The zero-order chi connectivity index (χ0) is 18.4. The SMILES string of the molecule is COC(O)c1ccc2c(c1)nc(Nc1nc3cc(F)c(F)cc3s1)n2C. The molecule has 26 heavy (non-hydrogen) atoms. The number of hydrogen-bond acceptors (Lipinski definition) is 6. The molecular weight excluding hydrogens is 362 g/mol. The Morgan fingerprint density at radius 3 is 2.69 bits per heavy atom. The number of methoxy groups -OCH3 is 1. The van der Waals surface area contributed by atoms with Gasteiger partial charge in [0.25, 0.3) is 0 Å². The largest absolute Gasteiger partial charge is 0.364 e. The van der Waals surface area contributed by atoms with Crippen LogP contribution in [0.5, 0.6) is 0 Å². The number of nitrogens with one attached hydrogen (secondary N) is 1. The fourth-order valence-electron chi connectivity index (χ4n) is 2.69. The van der Waals surface area contributed by atoms with Gasteiger partial charge in [0, 0.05) is 25.8 Å². The molecule has 1 unspecified atom stereocenters. The Balaban J connectivity index is 1.71. The van der Waals surface area contributed by atoms with Crippen LogP contribution in [0.3, 0.4) is 0 Å². The van der Waals surface area contributed by atoms with Crippen LogP contribution in [0.15, 0.2) is 30.3 Å². The van der Waals surface area contributed by atoms with E-state index in [-0.39, 0.29) is 0 Å². The first-order valence-corrected chi connectivity index (χ1v) is 8.48. The van der Waals surface area contributed by atoms with Crippen LogP contribution in [0.25, 0.3) is 21.3 Å². The Bertz CT molecular complexity index is 1090. The van der Waals surface area contributed by atoms with Crippen molar-refractivity contribution in [2.75, 3.05) is 12.4 Å². The van der Waals surface area contributed by atoms with Gasteiger partial charge < -0.3 is 19.7 Å². The van der Waals surface area contributed by atoms with Crippen molar-refractivity contribution in [3.63, 3.8) is 0 Å². The summed E-state index contributed by atoms with van der Waals surface area (Å²) < 4.78 is 34.0. The molecule has 134 valence electrons. The topological polar surface area (TPSA) is 72.2 Å². The number of anilines is 2. The zero-order valence-electron chi connectivity index (χ0n) is 13.8. The summed E-state index contributed by atoms with van der Waals surface area (Å²) in [6.07, 6.45) is -1.02. The molecule has 0 saturated heterocycles. The predicted molar refractivity (Wildman–Crippen MR) is 95.5 cm³/mol. The number of aromatic nitrogens is 3. The first kappa shape index (κ1) is 16.8. The number of imidazole rings is 1. The van der Waals surface area contributed by atoms with Crippen LogP contribution in [0.1, 0.15) is 11.9 Å². The molecule has 9 heteroatoms. The van der Waals surface area contributed by atoms with Crippen LogP contribution in [-0.2, 0) is 11.8 Å². The van der Waals surface area contributed by atoms with Crippen LogP contribution >= 0.6 is 11.3 Å². The molecule has 2 aromatic heterocycles. The molecule has 2 aromatic carbocycles. The molecule has 1 atom stereocenters. The molecule has 0 fully saturated rings. The molecule has 0 aliphatic heterocycles. The van der Waals surface area contributed by atoms with E-state index in [1.54, 1.807) is 12.1 Å². The van der Waals surface area contributed by atoms with E-state index in [0.717, 1.165) is 17.6 Å². The van der Waals surface area contributed by atoms with Crippen molar-refractivity contribution < 1.29 is 18.6 Å². The van der Waals surface area contributed by atoms with Crippen LogP contribution in [0, 0.1) is 11.6 Å². The van der Waals surface area contributed by atoms with Gasteiger partial charge >= 0.3 is 0 Å². The van der Waals surface area contributed by atoms with Gasteiger partial charge in [-0.15, -0.1) is 0 Å². The average Bonchev–Trinajstić information content (AvgIpc) is 3.15. The summed E-state index contributed by atoms with van der Waals surface area (Å²) in [5.74, 6) is -1.31. The average molecular weight is 376 g/mol. The second-order valence-electron chi connectivity index (χ2n) is 5.71. The van der Waals surface area contributed by atoms with Crippen LogP contribution in [-0.4, -0.2) is 26.8 Å². The molecule has 2 N–H and O–H groups in total. The fourth-order valence-corrected chi connectivity index (χ4v) is 3.56. The van der Waals surface area contributed by atoms with Gasteiger partial charge in [0.15, 0.2) is 23.1 Å². The van der Waals surface area contributed by atoms with Gasteiger partial charge in [-0.1, -0.05) is 17.4 Å². The highest BCUT2D eigenvalue weighted by atomic mass is 32.1. The Morgan fingerprint density at radius 2 is 1.92 bits per heavy atom. The van der Waals surface area contributed by atoms with E-state index < -0.39 is 17.9 Å². The highest BCUT2D eigenvalue weighted by molar-refractivity contribution is 7.22. The Hall–Kier alpha value is -2.62. The maximum atomic E-state index is 13.4. The minimum Gasteiger partial charge on any atom is -0.364 e. The van der Waals surface area contributed by atoms with Crippen molar-refractivity contribution in [1.29, 1.82) is 0 Å². The molecule has 0 radical (unpaired) electrons. The zero-order valence-corrected chi connectivity index (χ0v) is 14.6. The number of nitrogens with zero attached hydrogens (tertiary/aromatic N) is 3. The molecule has 0 spiro atoms. The van der Waals surface area contributed by atoms with E-state index in [1.807, 2.05) is 17.7 Å². The lowest BCUT2D eigenvalue weighted by molar-refractivity contribution is -0.0768. The standard InChI is InChI=1S/C17H14F2N4O2S/c1-23-13-4-3-8(15(24)25-2)5-11(13)20-16(23)22-17-21-12-6-9(18)10(19)7-14(12)26-17/h3-7,15,24H,1-2H3,(H,20,21,22). The minimum absolute atomic E-state index is 0.376. The highest BCUT2D eigenvalue weighted by Crippen LogP contribution is 2.31. The van der Waals surface area contributed by atoms with E-state index in [1.165, 1.54) is 18.4 Å². The Kier molecular flexibility index (Phi) is 4.06. The maximum absolute atomic E-state index is 13.4. The van der Waals surface area contributed by atoms with E-state index >= 15 is 0 Å². The summed E-state index contributed by atoms with van der Waals surface area (Å²) >= 11 is 1.20. The van der Waals surface area contributed by atoms with Gasteiger partial charge in [-0.25, -0.2) is 18.7 Å². The van der Waals surface area contributed by atoms with Crippen molar-refractivity contribution in [1.82, 2.24) is 14.5 Å². The van der Waals surface area contributed by atoms with Crippen molar-refractivity contribution in [3.8, 4) is 0 Å². The van der Waals surface area contributed by atoms with Gasteiger partial charge in [-0.2, -0.15) is 0 Å². The number of ether oxygens (including phenoxy) is 1. The first-order chi connectivity index (χ1) is 12.5. The van der Waals surface area contributed by atoms with Gasteiger partial charge in [0.2, 0.25) is 5.95 Å². The second-order valence-corrected chi connectivity index (χ2v) is 6.74. The van der Waals surface area contributed by atoms with Crippen molar-refractivity contribution in [3.05, 3.63) is 47.5 Å². The maximum Gasteiger partial charge on any atom is 0.209 e. The van der Waals surface area contributed by atoms with Crippen molar-refractivity contribution in [2.45, 2.75) is 6.29 Å². The van der Waals surface area contributed by atoms with E-state index in [2.05, 4.69) is 15.3 Å². The quantitative estimate of drug-likeness (QED) is 0.530. The smallest absolute Gasteiger partial charge is 0.209 e. The van der Waals surface area contributed by atoms with E-state index in [0.29, 0.717) is 32.4 Å². The molecule has 4 rings (SSSR count). The third-order valence-corrected chi connectivity index (χ3v) is 5.00. The highest BCUT2D eigenvalue weighted by Gasteiger charge is 2.14. The third-order valence-electron chi connectivity index (χ3n) is 4.06. The number of aliphatic hydroxyl groups excluding tert-OH is 1. The molecular formula is C17H14F2N4O2S. The van der Waals surface area contributed by atoms with E-state index in [4.69, 9.17) is 4.74 Å². The number of aliphatic hydroxyl groups is 1. The van der Waals surface area contributed by atoms with Crippen LogP contribution in [0.4, 0.5) is 19.9 Å². The normalized spacial score (nSPS) is 12.8. The lowest BCUT2D eigenvalue weighted by Crippen LogP contribution is -1.99. The molecule has 0 saturated carbocycles. The Morgan fingerprint density at radius 1 is 1.15 bits per heavy atom. The third kappa shape index (κ3) is 2.79. The van der Waals surface area contributed by atoms with Gasteiger partial charge in [-0.05, 0) is 18.2 Å². The van der Waals surface area contributed by atoms with Crippen LogP contribution in [0.2, 0.25) is 0 Å². The number of hydrogen-bond donors (Lipinski definition) is 2. The summed E-state index contributed by atoms with van der Waals surface area (Å²) in [5, 5.41) is 13.3.